The van der Waals surface area contributed by atoms with E-state index in [4.69, 9.17) is 4.74 Å². The van der Waals surface area contributed by atoms with E-state index in [0.29, 0.717) is 6.08 Å². The number of hydrogen-bond donors (Lipinski definition) is 0. The van der Waals surface area contributed by atoms with Crippen LogP contribution in [0, 0.1) is 10.1 Å². The van der Waals surface area contributed by atoms with E-state index in [1.54, 1.807) is 0 Å². The molecule has 2 rings (SSSR count). The SMILES string of the molecule is CCc1cc(S(F)(F)(F)(F)F)cc2c1OC(C(F)(F)F)C(C(=O)OC(C)CO[N+](=O)[O-])=C2. The van der Waals surface area contributed by atoms with Crippen LogP contribution in [0.25, 0.3) is 6.08 Å². The minimum Gasteiger partial charge on any atom is -0.475 e. The van der Waals surface area contributed by atoms with Gasteiger partial charge in [-0.15, -0.1) is 10.1 Å². The minimum atomic E-state index is -10.2. The van der Waals surface area contributed by atoms with Crippen LogP contribution in [0.1, 0.15) is 25.0 Å². The van der Waals surface area contributed by atoms with Crippen LogP contribution in [0.4, 0.5) is 32.6 Å². The molecule has 0 spiro atoms. The molecule has 0 fully saturated rings. The number of esters is 1. The van der Waals surface area contributed by atoms with Crippen molar-refractivity contribution in [3.63, 3.8) is 0 Å². The molecule has 1 aromatic carbocycles. The maximum absolute atomic E-state index is 13.5. The lowest BCUT2D eigenvalue weighted by Gasteiger charge is -2.41. The second-order valence-corrected chi connectivity index (χ2v) is 9.11. The summed E-state index contributed by atoms with van der Waals surface area (Å²) in [6.07, 6.45) is -9.75. The number of nitrogens with zero attached hydrogens (tertiary/aromatic N) is 1. The van der Waals surface area contributed by atoms with Crippen molar-refractivity contribution < 1.29 is 56.8 Å². The van der Waals surface area contributed by atoms with Gasteiger partial charge < -0.3 is 14.3 Å². The molecule has 0 saturated carbocycles. The Bertz CT molecular complexity index is 976. The van der Waals surface area contributed by atoms with Crippen LogP contribution in [0.2, 0.25) is 0 Å². The van der Waals surface area contributed by atoms with Crippen molar-refractivity contribution in [2.75, 3.05) is 6.61 Å². The Morgan fingerprint density at radius 2 is 1.84 bits per heavy atom. The van der Waals surface area contributed by atoms with E-state index in [2.05, 4.69) is 9.57 Å². The lowest BCUT2D eigenvalue weighted by Crippen LogP contribution is -2.41. The highest BCUT2D eigenvalue weighted by atomic mass is 32.5. The second kappa shape index (κ2) is 7.38. The summed E-state index contributed by atoms with van der Waals surface area (Å²) >= 11 is 0. The van der Waals surface area contributed by atoms with E-state index in [-0.39, 0.29) is 12.1 Å². The lowest BCUT2D eigenvalue weighted by atomic mass is 9.98. The van der Waals surface area contributed by atoms with E-state index >= 15 is 0 Å². The molecule has 32 heavy (non-hydrogen) atoms. The molecular weight excluding hydrogens is 486 g/mol. The van der Waals surface area contributed by atoms with Crippen molar-refractivity contribution in [2.45, 2.75) is 43.5 Å². The lowest BCUT2D eigenvalue weighted by molar-refractivity contribution is -0.759. The van der Waals surface area contributed by atoms with Gasteiger partial charge >= 0.3 is 22.4 Å². The number of alkyl halides is 3. The number of benzene rings is 1. The third-order valence-electron chi connectivity index (χ3n) is 4.08. The molecule has 0 saturated heterocycles. The topological polar surface area (TPSA) is 87.9 Å². The molecule has 0 bridgehead atoms. The summed E-state index contributed by atoms with van der Waals surface area (Å²) in [4.78, 5) is 23.9. The van der Waals surface area contributed by atoms with Gasteiger partial charge in [-0.1, -0.05) is 26.4 Å². The van der Waals surface area contributed by atoms with Crippen LogP contribution in [0.3, 0.4) is 0 Å². The number of carbonyl (C=O) groups excluding carboxylic acids is 1. The minimum absolute atomic E-state index is 0.00198. The Hall–Kier alpha value is -2.78. The van der Waals surface area contributed by atoms with Gasteiger partial charge in [-0.3, -0.25) is 0 Å². The van der Waals surface area contributed by atoms with Crippen molar-refractivity contribution in [1.82, 2.24) is 0 Å². The van der Waals surface area contributed by atoms with Crippen LogP contribution in [0.15, 0.2) is 22.6 Å². The number of fused-ring (bicyclic) bond motifs is 1. The molecule has 1 aromatic rings. The van der Waals surface area contributed by atoms with E-state index < -0.39 is 80.0 Å². The largest absolute Gasteiger partial charge is 0.475 e. The zero-order chi connectivity index (χ0) is 24.8. The number of halogens is 8. The van der Waals surface area contributed by atoms with Crippen molar-refractivity contribution in [3.05, 3.63) is 38.9 Å². The maximum Gasteiger partial charge on any atom is 0.430 e. The van der Waals surface area contributed by atoms with Crippen LogP contribution < -0.4 is 4.74 Å². The van der Waals surface area contributed by atoms with E-state index in [1.807, 2.05) is 0 Å². The van der Waals surface area contributed by atoms with E-state index in [1.165, 1.54) is 6.92 Å². The Kier molecular flexibility index (Phi) is 5.88. The Morgan fingerprint density at radius 1 is 1.25 bits per heavy atom. The van der Waals surface area contributed by atoms with E-state index in [0.717, 1.165) is 6.92 Å². The number of ether oxygens (including phenoxy) is 2. The number of aryl methyl sites for hydroxylation is 1. The normalized spacial score (nSPS) is 19.4. The van der Waals surface area contributed by atoms with Gasteiger partial charge in [-0.05, 0) is 37.1 Å². The van der Waals surface area contributed by atoms with Crippen molar-refractivity contribution >= 4 is 22.3 Å². The fraction of sp³-hybridized carbons (Fsp3) is 0.438. The summed E-state index contributed by atoms with van der Waals surface area (Å²) in [5, 5.41) is 8.90. The quantitative estimate of drug-likeness (QED) is 0.205. The highest BCUT2D eigenvalue weighted by Gasteiger charge is 2.66. The predicted molar refractivity (Wildman–Crippen MR) is 94.2 cm³/mol. The molecule has 0 aromatic heterocycles. The average Bonchev–Trinajstić information content (AvgIpc) is 2.61. The van der Waals surface area contributed by atoms with Crippen molar-refractivity contribution in [1.29, 1.82) is 0 Å². The summed E-state index contributed by atoms with van der Waals surface area (Å²) < 4.78 is 116. The fourth-order valence-corrected chi connectivity index (χ4v) is 3.42. The van der Waals surface area contributed by atoms with Crippen molar-refractivity contribution in [2.24, 2.45) is 0 Å². The first-order valence-electron chi connectivity index (χ1n) is 8.57. The molecule has 0 aliphatic carbocycles. The molecule has 1 heterocycles. The van der Waals surface area contributed by atoms with Crippen LogP contribution in [0.5, 0.6) is 5.75 Å². The van der Waals surface area contributed by atoms with Gasteiger partial charge in [0.2, 0.25) is 6.10 Å². The maximum atomic E-state index is 13.5. The standard InChI is InChI=1S/C16H15F8NO6S/c1-3-9-4-11(32(20,21,22,23)24)5-10-6-12(14(16(17,18)19)31-13(9)10)15(26)30-8(2)7-29-25(27)28/h4-6,8,14H,3,7H2,1-2H3. The zero-order valence-electron chi connectivity index (χ0n) is 16.1. The molecule has 16 heteroatoms. The summed E-state index contributed by atoms with van der Waals surface area (Å²) in [5.74, 6) is -2.49. The molecule has 7 nitrogen and oxygen atoms in total. The summed E-state index contributed by atoms with van der Waals surface area (Å²) in [6, 6.07) is -0.114. The average molecular weight is 501 g/mol. The number of carbonyl (C=O) groups is 1. The molecule has 1 aliphatic heterocycles. The molecule has 0 N–H and O–H groups in total. The van der Waals surface area contributed by atoms with Gasteiger partial charge in [-0.25, -0.2) is 4.79 Å². The molecule has 2 atom stereocenters. The summed E-state index contributed by atoms with van der Waals surface area (Å²) in [5.41, 5.74) is -2.76. The number of hydrogen-bond acceptors (Lipinski definition) is 6. The molecule has 1 aliphatic rings. The first-order chi connectivity index (χ1) is 14.2. The number of rotatable bonds is 7. The Labute approximate surface area is 174 Å². The molecule has 0 radical (unpaired) electrons. The fourth-order valence-electron chi connectivity index (χ4n) is 2.70. The molecule has 182 valence electrons. The smallest absolute Gasteiger partial charge is 0.430 e. The molecule has 2 unspecified atom stereocenters. The zero-order valence-corrected chi connectivity index (χ0v) is 16.9. The first-order valence-corrected chi connectivity index (χ1v) is 10.5. The molecule has 0 amide bonds. The van der Waals surface area contributed by atoms with Crippen LogP contribution in [-0.2, 0) is 20.8 Å². The summed E-state index contributed by atoms with van der Waals surface area (Å²) in [7, 11) is -10.2. The third kappa shape index (κ3) is 5.92. The van der Waals surface area contributed by atoms with Gasteiger partial charge in [0, 0.05) is 5.56 Å². The van der Waals surface area contributed by atoms with Gasteiger partial charge in [0.25, 0.3) is 5.09 Å². The Morgan fingerprint density at radius 3 is 2.31 bits per heavy atom. The highest BCUT2D eigenvalue weighted by molar-refractivity contribution is 8.45. The summed E-state index contributed by atoms with van der Waals surface area (Å²) in [6.45, 7) is 1.39. The molecular formula is C16H15F8NO6S. The second-order valence-electron chi connectivity index (χ2n) is 6.70. The van der Waals surface area contributed by atoms with Gasteiger partial charge in [0.1, 0.15) is 23.4 Å². The van der Waals surface area contributed by atoms with Crippen LogP contribution in [-0.4, -0.2) is 36.0 Å². The van der Waals surface area contributed by atoms with Gasteiger partial charge in [0.15, 0.2) is 0 Å². The highest BCUT2D eigenvalue weighted by Crippen LogP contribution is 3.02. The first kappa shape index (κ1) is 25.5. The van der Waals surface area contributed by atoms with E-state index in [9.17, 15) is 47.5 Å². The van der Waals surface area contributed by atoms with Gasteiger partial charge in [-0.2, -0.15) is 13.2 Å². The van der Waals surface area contributed by atoms with Crippen LogP contribution >= 0.6 is 10.2 Å². The predicted octanol–water partition coefficient (Wildman–Crippen LogP) is 5.75. The van der Waals surface area contributed by atoms with Crippen molar-refractivity contribution in [3.8, 4) is 5.75 Å². The monoisotopic (exact) mass is 501 g/mol. The Balaban J connectivity index is 2.58. The van der Waals surface area contributed by atoms with Gasteiger partial charge in [0.05, 0.1) is 5.57 Å². The third-order valence-corrected chi connectivity index (χ3v) is 5.21.